The number of benzene rings is 1. The first-order chi connectivity index (χ1) is 9.36. The first-order valence-electron chi connectivity index (χ1n) is 6.87. The molecule has 1 saturated heterocycles. The summed E-state index contributed by atoms with van der Waals surface area (Å²) in [5.41, 5.74) is 0.783. The Morgan fingerprint density at radius 2 is 2.15 bits per heavy atom. The summed E-state index contributed by atoms with van der Waals surface area (Å²) in [6.07, 6.45) is 2.10. The monoisotopic (exact) mass is 298 g/mol. The van der Waals surface area contributed by atoms with Gasteiger partial charge in [0, 0.05) is 18.3 Å². The zero-order chi connectivity index (χ0) is 14.8. The Morgan fingerprint density at radius 3 is 2.80 bits per heavy atom. The summed E-state index contributed by atoms with van der Waals surface area (Å²) >= 11 is 0. The lowest BCUT2D eigenvalue weighted by Gasteiger charge is -2.33. The number of ether oxygens (including phenoxy) is 1. The molecule has 0 saturated carbocycles. The largest absolute Gasteiger partial charge is 0.382 e. The summed E-state index contributed by atoms with van der Waals surface area (Å²) in [6.45, 7) is 5.03. The van der Waals surface area contributed by atoms with E-state index in [1.165, 1.54) is 6.07 Å². The van der Waals surface area contributed by atoms with Gasteiger partial charge in [0.25, 0.3) is 0 Å². The van der Waals surface area contributed by atoms with Gasteiger partial charge in [-0.1, -0.05) is 19.9 Å². The molecule has 2 atom stereocenters. The highest BCUT2D eigenvalue weighted by Crippen LogP contribution is 2.24. The predicted octanol–water partition coefficient (Wildman–Crippen LogP) is 1.95. The first-order valence-corrected chi connectivity index (χ1v) is 8.42. The van der Waals surface area contributed by atoms with Gasteiger partial charge in [0.1, 0.15) is 0 Å². The number of nitrogens with two attached hydrogens (primary N) is 1. The van der Waals surface area contributed by atoms with Crippen LogP contribution < -0.4 is 10.5 Å². The molecule has 1 aromatic rings. The van der Waals surface area contributed by atoms with E-state index in [9.17, 15) is 8.42 Å². The summed E-state index contributed by atoms with van der Waals surface area (Å²) in [5.74, 6) is 0.482. The van der Waals surface area contributed by atoms with Crippen molar-refractivity contribution < 1.29 is 13.2 Å². The highest BCUT2D eigenvalue weighted by atomic mass is 32.2. The van der Waals surface area contributed by atoms with Gasteiger partial charge in [-0.05, 0) is 37.0 Å². The van der Waals surface area contributed by atoms with Crippen LogP contribution >= 0.6 is 0 Å². The van der Waals surface area contributed by atoms with E-state index in [2.05, 4.69) is 19.2 Å². The lowest BCUT2D eigenvalue weighted by Crippen LogP contribution is -2.36. The molecule has 1 aliphatic rings. The molecule has 1 heterocycles. The second kappa shape index (κ2) is 6.11. The average Bonchev–Trinajstić information content (AvgIpc) is 2.38. The molecular formula is C14H22N2O3S. The Bertz CT molecular complexity index is 557. The molecule has 0 amide bonds. The number of sulfonamides is 1. The molecule has 1 aromatic carbocycles. The molecule has 1 fully saturated rings. The van der Waals surface area contributed by atoms with E-state index in [0.29, 0.717) is 12.0 Å². The van der Waals surface area contributed by atoms with E-state index in [4.69, 9.17) is 9.88 Å². The van der Waals surface area contributed by atoms with Gasteiger partial charge in [-0.2, -0.15) is 0 Å². The SMILES string of the molecule is CC(C)C1CC(Nc2cccc(S(N)(=O)=O)c2)CCO1. The van der Waals surface area contributed by atoms with Crippen LogP contribution in [0.3, 0.4) is 0 Å². The van der Waals surface area contributed by atoms with Crippen molar-refractivity contribution in [2.45, 2.75) is 43.7 Å². The number of primary sulfonamides is 1. The Morgan fingerprint density at radius 1 is 1.40 bits per heavy atom. The molecule has 112 valence electrons. The molecule has 0 bridgehead atoms. The Balaban J connectivity index is 2.06. The van der Waals surface area contributed by atoms with Crippen molar-refractivity contribution in [3.05, 3.63) is 24.3 Å². The third-order valence-corrected chi connectivity index (χ3v) is 4.50. The summed E-state index contributed by atoms with van der Waals surface area (Å²) in [5, 5.41) is 8.52. The smallest absolute Gasteiger partial charge is 0.238 e. The summed E-state index contributed by atoms with van der Waals surface area (Å²) < 4.78 is 28.4. The fraction of sp³-hybridized carbons (Fsp3) is 0.571. The molecule has 5 nitrogen and oxygen atoms in total. The van der Waals surface area contributed by atoms with Gasteiger partial charge in [0.2, 0.25) is 10.0 Å². The molecule has 0 aromatic heterocycles. The van der Waals surface area contributed by atoms with E-state index < -0.39 is 10.0 Å². The number of rotatable bonds is 4. The maximum atomic E-state index is 11.3. The Hall–Kier alpha value is -1.11. The number of nitrogens with one attached hydrogen (secondary N) is 1. The minimum atomic E-state index is -3.66. The highest BCUT2D eigenvalue weighted by Gasteiger charge is 2.24. The molecule has 0 radical (unpaired) electrons. The van der Waals surface area contributed by atoms with E-state index in [1.54, 1.807) is 12.1 Å². The van der Waals surface area contributed by atoms with Crippen molar-refractivity contribution in [2.24, 2.45) is 11.1 Å². The molecular weight excluding hydrogens is 276 g/mol. The fourth-order valence-corrected chi connectivity index (χ4v) is 2.98. The molecule has 1 aliphatic heterocycles. The van der Waals surface area contributed by atoms with Crippen molar-refractivity contribution in [1.29, 1.82) is 0 Å². The molecule has 0 aliphatic carbocycles. The van der Waals surface area contributed by atoms with Crippen LogP contribution in [-0.2, 0) is 14.8 Å². The van der Waals surface area contributed by atoms with Gasteiger partial charge in [-0.3, -0.25) is 0 Å². The average molecular weight is 298 g/mol. The molecule has 3 N–H and O–H groups in total. The summed E-state index contributed by atoms with van der Waals surface area (Å²) in [7, 11) is -3.66. The number of anilines is 1. The van der Waals surface area contributed by atoms with Gasteiger partial charge in [0.15, 0.2) is 0 Å². The predicted molar refractivity (Wildman–Crippen MR) is 79.0 cm³/mol. The van der Waals surface area contributed by atoms with Crippen molar-refractivity contribution in [2.75, 3.05) is 11.9 Å². The summed E-state index contributed by atoms with van der Waals surface area (Å²) in [4.78, 5) is 0.134. The molecule has 6 heteroatoms. The number of hydrogen-bond donors (Lipinski definition) is 2. The molecule has 0 spiro atoms. The third kappa shape index (κ3) is 3.94. The Labute approximate surface area is 120 Å². The maximum absolute atomic E-state index is 11.3. The Kier molecular flexibility index (Phi) is 4.67. The van der Waals surface area contributed by atoms with Crippen LogP contribution in [0.2, 0.25) is 0 Å². The van der Waals surface area contributed by atoms with Crippen molar-refractivity contribution in [3.8, 4) is 0 Å². The topological polar surface area (TPSA) is 81.4 Å². The quantitative estimate of drug-likeness (QED) is 0.890. The molecule has 2 unspecified atom stereocenters. The standard InChI is InChI=1S/C14H22N2O3S/c1-10(2)14-9-12(6-7-19-14)16-11-4-3-5-13(8-11)20(15,17)18/h3-5,8,10,12,14,16H,6-7,9H2,1-2H3,(H2,15,17,18). The van der Waals surface area contributed by atoms with Gasteiger partial charge < -0.3 is 10.1 Å². The van der Waals surface area contributed by atoms with E-state index in [-0.39, 0.29) is 11.0 Å². The minimum absolute atomic E-state index is 0.134. The van der Waals surface area contributed by atoms with Crippen molar-refractivity contribution in [3.63, 3.8) is 0 Å². The van der Waals surface area contributed by atoms with Crippen LogP contribution in [0.15, 0.2) is 29.2 Å². The van der Waals surface area contributed by atoms with Crippen LogP contribution in [-0.4, -0.2) is 27.2 Å². The van der Waals surface area contributed by atoms with E-state index in [0.717, 1.165) is 25.1 Å². The van der Waals surface area contributed by atoms with Crippen LogP contribution in [0, 0.1) is 5.92 Å². The minimum Gasteiger partial charge on any atom is -0.382 e. The second-order valence-corrected chi connectivity index (χ2v) is 7.15. The van der Waals surface area contributed by atoms with Crippen molar-refractivity contribution in [1.82, 2.24) is 0 Å². The van der Waals surface area contributed by atoms with E-state index >= 15 is 0 Å². The lowest BCUT2D eigenvalue weighted by molar-refractivity contribution is -0.0160. The maximum Gasteiger partial charge on any atom is 0.238 e. The van der Waals surface area contributed by atoms with Crippen molar-refractivity contribution >= 4 is 15.7 Å². The van der Waals surface area contributed by atoms with Crippen LogP contribution in [0.5, 0.6) is 0 Å². The third-order valence-electron chi connectivity index (χ3n) is 3.59. The zero-order valence-electron chi connectivity index (χ0n) is 11.9. The van der Waals surface area contributed by atoms with E-state index in [1.807, 2.05) is 6.07 Å². The summed E-state index contributed by atoms with van der Waals surface area (Å²) in [6, 6.07) is 6.93. The van der Waals surface area contributed by atoms with Gasteiger partial charge in [-0.15, -0.1) is 0 Å². The first kappa shape index (κ1) is 15.3. The van der Waals surface area contributed by atoms with Crippen LogP contribution in [0.1, 0.15) is 26.7 Å². The van der Waals surface area contributed by atoms with Gasteiger partial charge in [-0.25, -0.2) is 13.6 Å². The fourth-order valence-electron chi connectivity index (χ4n) is 2.42. The highest BCUT2D eigenvalue weighted by molar-refractivity contribution is 7.89. The molecule has 2 rings (SSSR count). The van der Waals surface area contributed by atoms with Crippen LogP contribution in [0.25, 0.3) is 0 Å². The van der Waals surface area contributed by atoms with Gasteiger partial charge in [0.05, 0.1) is 11.0 Å². The second-order valence-electron chi connectivity index (χ2n) is 5.59. The number of hydrogen-bond acceptors (Lipinski definition) is 4. The lowest BCUT2D eigenvalue weighted by atomic mass is 9.95. The molecule has 20 heavy (non-hydrogen) atoms. The van der Waals surface area contributed by atoms with Gasteiger partial charge >= 0.3 is 0 Å². The normalized spacial score (nSPS) is 23.8. The van der Waals surface area contributed by atoms with Crippen LogP contribution in [0.4, 0.5) is 5.69 Å². The zero-order valence-corrected chi connectivity index (χ0v) is 12.7.